The van der Waals surface area contributed by atoms with Crippen LogP contribution >= 0.6 is 11.8 Å². The molecule has 1 atom stereocenters. The lowest BCUT2D eigenvalue weighted by Crippen LogP contribution is -2.26. The summed E-state index contributed by atoms with van der Waals surface area (Å²) in [4.78, 5) is 14.6. The van der Waals surface area contributed by atoms with E-state index < -0.39 is 0 Å². The predicted octanol–water partition coefficient (Wildman–Crippen LogP) is 4.11. The van der Waals surface area contributed by atoms with E-state index >= 15 is 0 Å². The topological polar surface area (TPSA) is 29.5 Å². The molecule has 0 aliphatic carbocycles. The van der Waals surface area contributed by atoms with E-state index in [4.69, 9.17) is 4.74 Å². The molecule has 0 spiro atoms. The Morgan fingerprint density at radius 2 is 1.86 bits per heavy atom. The van der Waals surface area contributed by atoms with Gasteiger partial charge in [-0.1, -0.05) is 25.1 Å². The van der Waals surface area contributed by atoms with Crippen LogP contribution in [0.1, 0.15) is 28.2 Å². The molecule has 2 aromatic rings. The number of benzene rings is 2. The number of methoxy groups -OCH3 is 1. The highest BCUT2D eigenvalue weighted by Crippen LogP contribution is 2.44. The van der Waals surface area contributed by atoms with Crippen LogP contribution in [-0.4, -0.2) is 18.8 Å². The highest BCUT2D eigenvalue weighted by molar-refractivity contribution is 7.99. The van der Waals surface area contributed by atoms with Crippen molar-refractivity contribution in [2.45, 2.75) is 12.3 Å². The Bertz CT molecular complexity index is 654. The molecule has 3 rings (SSSR count). The first kappa shape index (κ1) is 14.0. The number of ether oxygens (including phenoxy) is 1. The average Bonchev–Trinajstić information content (AvgIpc) is 2.81. The molecule has 0 saturated heterocycles. The summed E-state index contributed by atoms with van der Waals surface area (Å²) in [5.74, 6) is 1.82. The monoisotopic (exact) mass is 299 g/mol. The number of hydrogen-bond acceptors (Lipinski definition) is 3. The molecule has 2 aromatic carbocycles. The third-order valence-electron chi connectivity index (χ3n) is 3.59. The molecule has 1 aliphatic rings. The van der Waals surface area contributed by atoms with Gasteiger partial charge in [0, 0.05) is 11.3 Å². The Hall–Kier alpha value is -1.94. The van der Waals surface area contributed by atoms with Crippen LogP contribution in [-0.2, 0) is 0 Å². The number of anilines is 1. The molecule has 1 aliphatic heterocycles. The number of nitrogens with zero attached hydrogens (tertiary/aromatic N) is 1. The van der Waals surface area contributed by atoms with E-state index in [1.165, 1.54) is 0 Å². The van der Waals surface area contributed by atoms with E-state index in [-0.39, 0.29) is 11.3 Å². The summed E-state index contributed by atoms with van der Waals surface area (Å²) in [5.41, 5.74) is 2.81. The van der Waals surface area contributed by atoms with Crippen molar-refractivity contribution in [1.29, 1.82) is 0 Å². The Morgan fingerprint density at radius 3 is 2.52 bits per heavy atom. The van der Waals surface area contributed by atoms with Crippen LogP contribution in [0.5, 0.6) is 5.75 Å². The van der Waals surface area contributed by atoms with Crippen LogP contribution in [0, 0.1) is 0 Å². The van der Waals surface area contributed by atoms with Crippen LogP contribution in [0.25, 0.3) is 0 Å². The predicted molar refractivity (Wildman–Crippen MR) is 87.1 cm³/mol. The summed E-state index contributed by atoms with van der Waals surface area (Å²) in [6.45, 7) is 2.11. The lowest BCUT2D eigenvalue weighted by Gasteiger charge is -2.24. The van der Waals surface area contributed by atoms with Gasteiger partial charge in [0.25, 0.3) is 5.91 Å². The maximum absolute atomic E-state index is 12.7. The molecule has 0 saturated carbocycles. The van der Waals surface area contributed by atoms with E-state index in [0.717, 1.165) is 28.3 Å². The maximum Gasteiger partial charge on any atom is 0.259 e. The number of carbonyl (C=O) groups excluding carboxylic acids is 1. The second-order valence-corrected chi connectivity index (χ2v) is 6.13. The quantitative estimate of drug-likeness (QED) is 0.851. The van der Waals surface area contributed by atoms with E-state index in [1.807, 2.05) is 53.4 Å². The average molecular weight is 299 g/mol. The molecule has 0 bridgehead atoms. The van der Waals surface area contributed by atoms with Gasteiger partial charge in [-0.05, 0) is 41.6 Å². The molecular weight excluding hydrogens is 282 g/mol. The van der Waals surface area contributed by atoms with Gasteiger partial charge >= 0.3 is 0 Å². The molecule has 108 valence electrons. The van der Waals surface area contributed by atoms with Crippen molar-refractivity contribution in [3.8, 4) is 5.75 Å². The van der Waals surface area contributed by atoms with Gasteiger partial charge in [0.05, 0.1) is 7.11 Å². The van der Waals surface area contributed by atoms with Crippen molar-refractivity contribution in [2.24, 2.45) is 0 Å². The zero-order valence-corrected chi connectivity index (χ0v) is 12.9. The Kier molecular flexibility index (Phi) is 3.88. The largest absolute Gasteiger partial charge is 0.497 e. The number of thioether (sulfide) groups is 1. The summed E-state index contributed by atoms with van der Waals surface area (Å²) < 4.78 is 5.19. The summed E-state index contributed by atoms with van der Waals surface area (Å²) >= 11 is 1.77. The number of rotatable bonds is 4. The molecule has 21 heavy (non-hydrogen) atoms. The van der Waals surface area contributed by atoms with Gasteiger partial charge in [-0.3, -0.25) is 9.69 Å². The van der Waals surface area contributed by atoms with E-state index in [9.17, 15) is 4.79 Å². The molecule has 0 radical (unpaired) electrons. The van der Waals surface area contributed by atoms with E-state index in [0.29, 0.717) is 0 Å². The van der Waals surface area contributed by atoms with Crippen LogP contribution in [0.4, 0.5) is 5.69 Å². The minimum atomic E-state index is 0.0482. The molecule has 1 amide bonds. The van der Waals surface area contributed by atoms with Crippen molar-refractivity contribution in [2.75, 3.05) is 17.8 Å². The third-order valence-corrected chi connectivity index (χ3v) is 4.70. The van der Waals surface area contributed by atoms with Gasteiger partial charge in [0.1, 0.15) is 11.1 Å². The second kappa shape index (κ2) is 5.82. The third kappa shape index (κ3) is 2.40. The van der Waals surface area contributed by atoms with Gasteiger partial charge in [0.15, 0.2) is 0 Å². The molecular formula is C17H17NO2S. The number of amides is 1. The minimum absolute atomic E-state index is 0.0482. The summed E-state index contributed by atoms with van der Waals surface area (Å²) in [6.07, 6.45) is 0. The summed E-state index contributed by atoms with van der Waals surface area (Å²) in [5, 5.41) is 0.0482. The first-order valence-electron chi connectivity index (χ1n) is 6.94. The fourth-order valence-corrected chi connectivity index (χ4v) is 3.67. The number of carbonyl (C=O) groups is 1. The highest BCUT2D eigenvalue weighted by Gasteiger charge is 2.37. The molecule has 3 nitrogen and oxygen atoms in total. The SMILES string of the molecule is CCSC1c2ccccc2C(=O)N1c1ccc(OC)cc1. The molecule has 1 unspecified atom stereocenters. The van der Waals surface area contributed by atoms with Crippen LogP contribution in [0.15, 0.2) is 48.5 Å². The zero-order valence-electron chi connectivity index (χ0n) is 12.1. The van der Waals surface area contributed by atoms with Gasteiger partial charge in [-0.15, -0.1) is 11.8 Å². The first-order chi connectivity index (χ1) is 10.3. The zero-order chi connectivity index (χ0) is 14.8. The van der Waals surface area contributed by atoms with Crippen molar-refractivity contribution in [1.82, 2.24) is 0 Å². The van der Waals surface area contributed by atoms with Crippen molar-refractivity contribution in [3.63, 3.8) is 0 Å². The van der Waals surface area contributed by atoms with Crippen molar-refractivity contribution >= 4 is 23.4 Å². The molecule has 0 aromatic heterocycles. The maximum atomic E-state index is 12.7. The van der Waals surface area contributed by atoms with E-state index in [2.05, 4.69) is 6.92 Å². The van der Waals surface area contributed by atoms with Gasteiger partial charge in [0.2, 0.25) is 0 Å². The van der Waals surface area contributed by atoms with Gasteiger partial charge in [-0.2, -0.15) is 0 Å². The fourth-order valence-electron chi connectivity index (χ4n) is 2.60. The Morgan fingerprint density at radius 1 is 1.14 bits per heavy atom. The molecule has 0 fully saturated rings. The molecule has 0 N–H and O–H groups in total. The van der Waals surface area contributed by atoms with Crippen LogP contribution in [0.2, 0.25) is 0 Å². The van der Waals surface area contributed by atoms with Crippen molar-refractivity contribution < 1.29 is 9.53 Å². The lowest BCUT2D eigenvalue weighted by molar-refractivity contribution is 0.0996. The lowest BCUT2D eigenvalue weighted by atomic mass is 10.1. The smallest absolute Gasteiger partial charge is 0.259 e. The van der Waals surface area contributed by atoms with Crippen LogP contribution in [0.3, 0.4) is 0 Å². The number of hydrogen-bond donors (Lipinski definition) is 0. The Balaban J connectivity index is 2.02. The van der Waals surface area contributed by atoms with Crippen LogP contribution < -0.4 is 9.64 Å². The minimum Gasteiger partial charge on any atom is -0.497 e. The van der Waals surface area contributed by atoms with E-state index in [1.54, 1.807) is 18.9 Å². The molecule has 4 heteroatoms. The number of fused-ring (bicyclic) bond motifs is 1. The first-order valence-corrected chi connectivity index (χ1v) is 7.99. The summed E-state index contributed by atoms with van der Waals surface area (Å²) in [6, 6.07) is 15.5. The normalized spacial score (nSPS) is 17.0. The second-order valence-electron chi connectivity index (χ2n) is 4.77. The summed E-state index contributed by atoms with van der Waals surface area (Å²) in [7, 11) is 1.64. The Labute approximate surface area is 128 Å². The highest BCUT2D eigenvalue weighted by atomic mass is 32.2. The fraction of sp³-hybridized carbons (Fsp3) is 0.235. The van der Waals surface area contributed by atoms with Crippen molar-refractivity contribution in [3.05, 3.63) is 59.7 Å². The van der Waals surface area contributed by atoms with Gasteiger partial charge in [-0.25, -0.2) is 0 Å². The standard InChI is InChI=1S/C17H17NO2S/c1-3-21-17-15-7-5-4-6-14(15)16(19)18(17)12-8-10-13(20-2)11-9-12/h4-11,17H,3H2,1-2H3. The molecule has 1 heterocycles. The van der Waals surface area contributed by atoms with Gasteiger partial charge < -0.3 is 4.74 Å².